The second kappa shape index (κ2) is 8.75. The number of sulfonamides is 1. The van der Waals surface area contributed by atoms with E-state index >= 15 is 0 Å². The van der Waals surface area contributed by atoms with Crippen molar-refractivity contribution in [3.63, 3.8) is 0 Å². The highest BCUT2D eigenvalue weighted by molar-refractivity contribution is 7.92. The molecule has 0 spiro atoms. The van der Waals surface area contributed by atoms with Gasteiger partial charge in [-0.25, -0.2) is 13.4 Å². The van der Waals surface area contributed by atoms with Crippen molar-refractivity contribution in [1.29, 1.82) is 0 Å². The Bertz CT molecular complexity index is 906. The molecule has 2 N–H and O–H groups in total. The van der Waals surface area contributed by atoms with Gasteiger partial charge in [0.1, 0.15) is 0 Å². The summed E-state index contributed by atoms with van der Waals surface area (Å²) in [4.78, 5) is 5.78. The maximum absolute atomic E-state index is 12.8. The number of rotatable bonds is 7. The van der Waals surface area contributed by atoms with Gasteiger partial charge in [-0.3, -0.25) is 4.31 Å². The van der Waals surface area contributed by atoms with Crippen LogP contribution in [0.4, 0.5) is 5.69 Å². The molecule has 2 aromatic rings. The van der Waals surface area contributed by atoms with E-state index in [1.54, 1.807) is 11.3 Å². The lowest BCUT2D eigenvalue weighted by Gasteiger charge is -2.20. The Balaban J connectivity index is 1.59. The molecule has 1 aliphatic rings. The lowest BCUT2D eigenvalue weighted by molar-refractivity contribution is 0.591. The fourth-order valence-corrected chi connectivity index (χ4v) is 5.32. The maximum Gasteiger partial charge on any atom is 0.236 e. The minimum absolute atomic E-state index is 0.0315. The Hall–Kier alpha value is -2.06. The summed E-state index contributed by atoms with van der Waals surface area (Å²) in [5, 5.41) is 8.37. The number of fused-ring (bicyclic) bond motifs is 1. The average Bonchev–Trinajstić information content (AvgIpc) is 3.26. The topological polar surface area (TPSA) is 73.8 Å². The SMILES string of the molecule is CCNC(=NCc1sccc1C)NCCS(=O)(=O)N1CCc2ccccc21. The highest BCUT2D eigenvalue weighted by Gasteiger charge is 2.28. The van der Waals surface area contributed by atoms with Crippen LogP contribution in [0.5, 0.6) is 0 Å². The number of nitrogens with zero attached hydrogens (tertiary/aromatic N) is 2. The predicted octanol–water partition coefficient (Wildman–Crippen LogP) is 2.50. The van der Waals surface area contributed by atoms with Gasteiger partial charge < -0.3 is 10.6 Å². The number of benzene rings is 1. The van der Waals surface area contributed by atoms with E-state index in [9.17, 15) is 8.42 Å². The summed E-state index contributed by atoms with van der Waals surface area (Å²) >= 11 is 1.68. The van der Waals surface area contributed by atoms with E-state index in [2.05, 4.69) is 34.0 Å². The minimum Gasteiger partial charge on any atom is -0.357 e. The summed E-state index contributed by atoms with van der Waals surface area (Å²) in [5.41, 5.74) is 3.14. The third-order valence-corrected chi connectivity index (χ3v) is 7.30. The van der Waals surface area contributed by atoms with Crippen molar-refractivity contribution in [3.05, 3.63) is 51.7 Å². The van der Waals surface area contributed by atoms with Gasteiger partial charge in [-0.1, -0.05) is 18.2 Å². The Kier molecular flexibility index (Phi) is 6.38. The Morgan fingerprint density at radius 2 is 2.07 bits per heavy atom. The lowest BCUT2D eigenvalue weighted by Crippen LogP contribution is -2.42. The normalized spacial score (nSPS) is 14.3. The molecule has 8 heteroatoms. The van der Waals surface area contributed by atoms with Gasteiger partial charge in [0.05, 0.1) is 18.0 Å². The van der Waals surface area contributed by atoms with E-state index in [4.69, 9.17) is 0 Å². The number of para-hydroxylation sites is 1. The molecule has 3 rings (SSSR count). The van der Waals surface area contributed by atoms with Gasteiger partial charge in [-0.15, -0.1) is 11.3 Å². The molecular weight excluding hydrogens is 380 g/mol. The Morgan fingerprint density at radius 3 is 2.81 bits per heavy atom. The van der Waals surface area contributed by atoms with Gasteiger partial charge in [0.25, 0.3) is 0 Å². The Labute approximate surface area is 165 Å². The first-order valence-corrected chi connectivity index (χ1v) is 11.6. The number of aryl methyl sites for hydroxylation is 1. The molecule has 0 saturated carbocycles. The van der Waals surface area contributed by atoms with Crippen LogP contribution in [-0.2, 0) is 23.0 Å². The van der Waals surface area contributed by atoms with Crippen LogP contribution < -0.4 is 14.9 Å². The fourth-order valence-electron chi connectivity index (χ4n) is 3.06. The Morgan fingerprint density at radius 1 is 1.26 bits per heavy atom. The number of nitrogens with one attached hydrogen (secondary N) is 2. The molecule has 27 heavy (non-hydrogen) atoms. The molecule has 0 aliphatic carbocycles. The molecule has 0 atom stereocenters. The van der Waals surface area contributed by atoms with Crippen molar-refractivity contribution >= 4 is 33.0 Å². The molecule has 1 aromatic carbocycles. The first-order chi connectivity index (χ1) is 13.0. The minimum atomic E-state index is -3.36. The van der Waals surface area contributed by atoms with Crippen molar-refractivity contribution in [2.75, 3.05) is 29.7 Å². The largest absolute Gasteiger partial charge is 0.357 e. The zero-order chi connectivity index (χ0) is 19.3. The average molecular weight is 407 g/mol. The quantitative estimate of drug-likeness (QED) is 0.547. The van der Waals surface area contributed by atoms with E-state index in [1.165, 1.54) is 14.7 Å². The molecular formula is C19H26N4O2S2. The summed E-state index contributed by atoms with van der Waals surface area (Å²) in [6.07, 6.45) is 0.771. The molecule has 0 saturated heterocycles. The van der Waals surface area contributed by atoms with Crippen LogP contribution in [0.2, 0.25) is 0 Å². The van der Waals surface area contributed by atoms with Crippen LogP contribution in [0.3, 0.4) is 0 Å². The van der Waals surface area contributed by atoms with Crippen molar-refractivity contribution in [2.24, 2.45) is 4.99 Å². The van der Waals surface area contributed by atoms with Gasteiger partial charge in [-0.05, 0) is 48.9 Å². The highest BCUT2D eigenvalue weighted by atomic mass is 32.2. The number of hydrogen-bond acceptors (Lipinski definition) is 4. The molecule has 1 aliphatic heterocycles. The van der Waals surface area contributed by atoms with Crippen LogP contribution in [-0.4, -0.2) is 39.8 Å². The first kappa shape index (κ1) is 19.7. The fraction of sp³-hybridized carbons (Fsp3) is 0.421. The third-order valence-electron chi connectivity index (χ3n) is 4.53. The van der Waals surface area contributed by atoms with Gasteiger partial charge >= 0.3 is 0 Å². The summed E-state index contributed by atoms with van der Waals surface area (Å²) in [7, 11) is -3.36. The molecule has 0 unspecified atom stereocenters. The van der Waals surface area contributed by atoms with Gasteiger partial charge in [0, 0.05) is 24.5 Å². The second-order valence-corrected chi connectivity index (χ2v) is 9.43. The highest BCUT2D eigenvalue weighted by Crippen LogP contribution is 2.29. The number of thiophene rings is 1. The number of anilines is 1. The van der Waals surface area contributed by atoms with E-state index in [0.29, 0.717) is 25.6 Å². The number of guanidine groups is 1. The van der Waals surface area contributed by atoms with Crippen LogP contribution in [0.15, 0.2) is 40.7 Å². The van der Waals surface area contributed by atoms with E-state index in [0.717, 1.165) is 24.2 Å². The molecule has 0 amide bonds. The van der Waals surface area contributed by atoms with Gasteiger partial charge in [-0.2, -0.15) is 0 Å². The smallest absolute Gasteiger partial charge is 0.236 e. The first-order valence-electron chi connectivity index (χ1n) is 9.14. The maximum atomic E-state index is 12.8. The summed E-state index contributed by atoms with van der Waals surface area (Å²) in [5.74, 6) is 0.673. The summed E-state index contributed by atoms with van der Waals surface area (Å²) < 4.78 is 27.0. The number of aliphatic imine (C=N–C) groups is 1. The van der Waals surface area contributed by atoms with E-state index in [-0.39, 0.29) is 5.75 Å². The summed E-state index contributed by atoms with van der Waals surface area (Å²) in [6.45, 7) is 6.21. The molecule has 1 aromatic heterocycles. The second-order valence-electron chi connectivity index (χ2n) is 6.42. The predicted molar refractivity (Wildman–Crippen MR) is 113 cm³/mol. The monoisotopic (exact) mass is 406 g/mol. The van der Waals surface area contributed by atoms with Crippen LogP contribution in [0.25, 0.3) is 0 Å². The molecule has 0 fully saturated rings. The van der Waals surface area contributed by atoms with Crippen LogP contribution in [0.1, 0.15) is 22.9 Å². The number of hydrogen-bond donors (Lipinski definition) is 2. The molecule has 2 heterocycles. The zero-order valence-electron chi connectivity index (χ0n) is 15.7. The van der Waals surface area contributed by atoms with Crippen molar-refractivity contribution in [1.82, 2.24) is 10.6 Å². The molecule has 6 nitrogen and oxygen atoms in total. The van der Waals surface area contributed by atoms with Crippen LogP contribution >= 0.6 is 11.3 Å². The van der Waals surface area contributed by atoms with Crippen molar-refractivity contribution in [3.8, 4) is 0 Å². The van der Waals surface area contributed by atoms with Crippen molar-refractivity contribution < 1.29 is 8.42 Å². The lowest BCUT2D eigenvalue weighted by atomic mass is 10.2. The third kappa shape index (κ3) is 4.81. The van der Waals surface area contributed by atoms with E-state index in [1.807, 2.05) is 31.2 Å². The molecule has 146 valence electrons. The standard InChI is InChI=1S/C19H26N4O2S2/c1-3-20-19(22-14-18-15(2)9-12-26-18)21-10-13-27(24,25)23-11-8-16-6-4-5-7-17(16)23/h4-7,9,12H,3,8,10-11,13-14H2,1-2H3,(H2,20,21,22). The van der Waals surface area contributed by atoms with Crippen LogP contribution in [0, 0.1) is 6.92 Å². The van der Waals surface area contributed by atoms with Crippen molar-refractivity contribution in [2.45, 2.75) is 26.8 Å². The zero-order valence-corrected chi connectivity index (χ0v) is 17.4. The summed E-state index contributed by atoms with van der Waals surface area (Å²) in [6, 6.07) is 9.78. The van der Waals surface area contributed by atoms with Gasteiger partial charge in [0.15, 0.2) is 5.96 Å². The molecule has 0 bridgehead atoms. The van der Waals surface area contributed by atoms with E-state index < -0.39 is 10.0 Å². The van der Waals surface area contributed by atoms with Gasteiger partial charge in [0.2, 0.25) is 10.0 Å². The molecule has 0 radical (unpaired) electrons.